The first-order valence-electron chi connectivity index (χ1n) is 5.88. The van der Waals surface area contributed by atoms with Gasteiger partial charge in [-0.1, -0.05) is 12.1 Å². The Kier molecular flexibility index (Phi) is 3.91. The summed E-state index contributed by atoms with van der Waals surface area (Å²) in [5.74, 6) is -0.445. The van der Waals surface area contributed by atoms with Crippen molar-refractivity contribution in [2.45, 2.75) is 6.10 Å². The summed E-state index contributed by atoms with van der Waals surface area (Å²) < 4.78 is 0. The third-order valence-corrected chi connectivity index (χ3v) is 2.90. The fraction of sp³-hybridized carbons (Fsp3) is 0.0625. The lowest BCUT2D eigenvalue weighted by molar-refractivity contribution is 0.0747. The van der Waals surface area contributed by atoms with Gasteiger partial charge in [0.05, 0.1) is 23.3 Å². The minimum Gasteiger partial charge on any atom is -0.380 e. The van der Waals surface area contributed by atoms with Gasteiger partial charge in [-0.25, -0.2) is 0 Å². The van der Waals surface area contributed by atoms with Crippen molar-refractivity contribution in [3.8, 4) is 12.1 Å². The second-order valence-electron chi connectivity index (χ2n) is 4.19. The van der Waals surface area contributed by atoms with Crippen molar-refractivity contribution in [2.24, 2.45) is 0 Å². The van der Waals surface area contributed by atoms with E-state index in [9.17, 15) is 9.90 Å². The summed E-state index contributed by atoms with van der Waals surface area (Å²) in [6.07, 6.45) is -1.28. The number of aliphatic hydroxyl groups is 1. The van der Waals surface area contributed by atoms with Gasteiger partial charge in [0, 0.05) is 5.56 Å². The Morgan fingerprint density at radius 3 is 1.80 bits per heavy atom. The molecule has 1 atom stereocenters. The summed E-state index contributed by atoms with van der Waals surface area (Å²) in [5.41, 5.74) is 1.68. The second kappa shape index (κ2) is 5.79. The molecule has 20 heavy (non-hydrogen) atoms. The van der Waals surface area contributed by atoms with Crippen LogP contribution in [-0.4, -0.2) is 10.9 Å². The van der Waals surface area contributed by atoms with Crippen LogP contribution in [0.3, 0.4) is 0 Å². The van der Waals surface area contributed by atoms with Gasteiger partial charge in [0.2, 0.25) is 0 Å². The Balaban J connectivity index is 2.23. The molecule has 0 aliphatic heterocycles. The van der Waals surface area contributed by atoms with Crippen molar-refractivity contribution in [1.29, 1.82) is 10.5 Å². The van der Waals surface area contributed by atoms with E-state index in [-0.39, 0.29) is 0 Å². The maximum atomic E-state index is 12.1. The molecule has 0 aliphatic rings. The molecule has 0 amide bonds. The fourth-order valence-electron chi connectivity index (χ4n) is 1.76. The third-order valence-electron chi connectivity index (χ3n) is 2.90. The second-order valence-corrected chi connectivity index (χ2v) is 4.19. The Hall–Kier alpha value is -2.95. The Morgan fingerprint density at radius 2 is 1.35 bits per heavy atom. The van der Waals surface area contributed by atoms with Gasteiger partial charge in [-0.05, 0) is 42.0 Å². The number of rotatable bonds is 3. The number of aliphatic hydroxyl groups excluding tert-OH is 1. The SMILES string of the molecule is N#Cc1ccc(C(=O)[C@@H](O)c2ccc(C#N)cc2)cc1. The quantitative estimate of drug-likeness (QED) is 0.860. The van der Waals surface area contributed by atoms with E-state index < -0.39 is 11.9 Å². The summed E-state index contributed by atoms with van der Waals surface area (Å²) in [6.45, 7) is 0. The lowest BCUT2D eigenvalue weighted by atomic mass is 9.98. The zero-order valence-corrected chi connectivity index (χ0v) is 10.4. The Labute approximate surface area is 116 Å². The largest absolute Gasteiger partial charge is 0.380 e. The number of carbonyl (C=O) groups is 1. The van der Waals surface area contributed by atoms with Crippen LogP contribution in [0.4, 0.5) is 0 Å². The maximum Gasteiger partial charge on any atom is 0.195 e. The molecule has 0 unspecified atom stereocenters. The van der Waals surface area contributed by atoms with Gasteiger partial charge >= 0.3 is 0 Å². The normalized spacial score (nSPS) is 11.2. The summed E-state index contributed by atoms with van der Waals surface area (Å²) in [5, 5.41) is 27.4. The summed E-state index contributed by atoms with van der Waals surface area (Å²) in [6, 6.07) is 16.2. The zero-order valence-electron chi connectivity index (χ0n) is 10.4. The molecule has 4 nitrogen and oxygen atoms in total. The van der Waals surface area contributed by atoms with E-state index >= 15 is 0 Å². The van der Waals surface area contributed by atoms with Crippen LogP contribution in [0.5, 0.6) is 0 Å². The molecule has 0 radical (unpaired) electrons. The number of carbonyl (C=O) groups excluding carboxylic acids is 1. The van der Waals surface area contributed by atoms with Crippen molar-refractivity contribution in [1.82, 2.24) is 0 Å². The number of hydrogen-bond acceptors (Lipinski definition) is 4. The van der Waals surface area contributed by atoms with Crippen molar-refractivity contribution in [3.05, 3.63) is 70.8 Å². The van der Waals surface area contributed by atoms with Crippen LogP contribution in [0.2, 0.25) is 0 Å². The molecule has 0 saturated carbocycles. The predicted molar refractivity (Wildman–Crippen MR) is 71.6 cm³/mol. The zero-order chi connectivity index (χ0) is 14.5. The number of benzene rings is 2. The molecule has 2 aromatic rings. The van der Waals surface area contributed by atoms with Crippen LogP contribution >= 0.6 is 0 Å². The number of nitriles is 2. The van der Waals surface area contributed by atoms with Gasteiger partial charge in [-0.3, -0.25) is 4.79 Å². The molecular formula is C16H10N2O2. The van der Waals surface area contributed by atoms with Crippen molar-refractivity contribution in [3.63, 3.8) is 0 Å². The highest BCUT2D eigenvalue weighted by molar-refractivity contribution is 5.99. The molecular weight excluding hydrogens is 252 g/mol. The lowest BCUT2D eigenvalue weighted by Gasteiger charge is -2.10. The summed E-state index contributed by atoms with van der Waals surface area (Å²) in [4.78, 5) is 12.1. The molecule has 0 aliphatic carbocycles. The van der Waals surface area contributed by atoms with Crippen molar-refractivity contribution < 1.29 is 9.90 Å². The molecule has 0 saturated heterocycles. The van der Waals surface area contributed by atoms with E-state index in [4.69, 9.17) is 10.5 Å². The molecule has 2 aromatic carbocycles. The van der Waals surface area contributed by atoms with E-state index in [1.54, 1.807) is 24.3 Å². The van der Waals surface area contributed by atoms with Gasteiger partial charge in [-0.2, -0.15) is 10.5 Å². The standard InChI is InChI=1S/C16H10N2O2/c17-9-11-1-5-13(6-2-11)15(19)16(20)14-7-3-12(10-18)4-8-14/h1-8,15,19H/t15-/m0/s1. The van der Waals surface area contributed by atoms with E-state index in [2.05, 4.69) is 0 Å². The summed E-state index contributed by atoms with van der Waals surface area (Å²) in [7, 11) is 0. The van der Waals surface area contributed by atoms with Crippen LogP contribution in [0.25, 0.3) is 0 Å². The lowest BCUT2D eigenvalue weighted by Crippen LogP contribution is -2.12. The third kappa shape index (κ3) is 2.72. The molecule has 0 spiro atoms. The molecule has 2 rings (SSSR count). The van der Waals surface area contributed by atoms with Gasteiger partial charge in [0.25, 0.3) is 0 Å². The first-order chi connectivity index (χ1) is 9.65. The van der Waals surface area contributed by atoms with E-state index in [0.29, 0.717) is 22.3 Å². The number of nitrogens with zero attached hydrogens (tertiary/aromatic N) is 2. The molecule has 0 aromatic heterocycles. The van der Waals surface area contributed by atoms with Crippen LogP contribution in [0.15, 0.2) is 48.5 Å². The molecule has 0 heterocycles. The molecule has 1 N–H and O–H groups in total. The first-order valence-corrected chi connectivity index (χ1v) is 5.88. The molecule has 0 bridgehead atoms. The Morgan fingerprint density at radius 1 is 0.900 bits per heavy atom. The average molecular weight is 262 g/mol. The van der Waals surface area contributed by atoms with Gasteiger partial charge in [0.15, 0.2) is 5.78 Å². The van der Waals surface area contributed by atoms with E-state index in [0.717, 1.165) is 0 Å². The predicted octanol–water partition coefficient (Wildman–Crippen LogP) is 2.35. The topological polar surface area (TPSA) is 84.9 Å². The molecule has 4 heteroatoms. The van der Waals surface area contributed by atoms with Gasteiger partial charge in [0.1, 0.15) is 6.10 Å². The number of Topliss-reactive ketones (excluding diaryl/α,β-unsaturated/α-hetero) is 1. The molecule has 96 valence electrons. The van der Waals surface area contributed by atoms with E-state index in [1.165, 1.54) is 24.3 Å². The maximum absolute atomic E-state index is 12.1. The highest BCUT2D eigenvalue weighted by atomic mass is 16.3. The average Bonchev–Trinajstić information content (AvgIpc) is 2.53. The van der Waals surface area contributed by atoms with Crippen LogP contribution in [-0.2, 0) is 0 Å². The minimum atomic E-state index is -1.28. The van der Waals surface area contributed by atoms with Crippen LogP contribution < -0.4 is 0 Å². The van der Waals surface area contributed by atoms with Crippen LogP contribution in [0, 0.1) is 22.7 Å². The van der Waals surface area contributed by atoms with Crippen LogP contribution in [0.1, 0.15) is 33.2 Å². The van der Waals surface area contributed by atoms with Gasteiger partial charge in [-0.15, -0.1) is 0 Å². The Bertz CT molecular complexity index is 704. The highest BCUT2D eigenvalue weighted by Crippen LogP contribution is 2.19. The molecule has 0 fully saturated rings. The first kappa shape index (κ1) is 13.5. The minimum absolute atomic E-state index is 0.334. The number of ketones is 1. The smallest absolute Gasteiger partial charge is 0.195 e. The fourth-order valence-corrected chi connectivity index (χ4v) is 1.76. The number of hydrogen-bond donors (Lipinski definition) is 1. The highest BCUT2D eigenvalue weighted by Gasteiger charge is 2.19. The van der Waals surface area contributed by atoms with Crippen molar-refractivity contribution in [2.75, 3.05) is 0 Å². The summed E-state index contributed by atoms with van der Waals surface area (Å²) >= 11 is 0. The van der Waals surface area contributed by atoms with Gasteiger partial charge < -0.3 is 5.11 Å². The van der Waals surface area contributed by atoms with Crippen molar-refractivity contribution >= 4 is 5.78 Å². The van der Waals surface area contributed by atoms with E-state index in [1.807, 2.05) is 12.1 Å². The monoisotopic (exact) mass is 262 g/mol.